The molecule has 5 heteroatoms. The molecule has 0 heterocycles. The normalized spacial score (nSPS) is 15.1. The molecule has 1 atom stereocenters. The number of rotatable bonds is 7. The summed E-state index contributed by atoms with van der Waals surface area (Å²) >= 11 is 5.95. The van der Waals surface area contributed by atoms with Gasteiger partial charge in [-0.3, -0.25) is 0 Å². The van der Waals surface area contributed by atoms with Crippen LogP contribution in [-0.4, -0.2) is 37.4 Å². The highest BCUT2D eigenvalue weighted by Crippen LogP contribution is 2.15. The van der Waals surface area contributed by atoms with E-state index in [4.69, 9.17) is 11.6 Å². The lowest BCUT2D eigenvalue weighted by molar-refractivity contribution is 0.554. The van der Waals surface area contributed by atoms with Crippen LogP contribution in [-0.2, 0) is 9.84 Å². The highest BCUT2D eigenvalue weighted by atomic mass is 35.5. The molecule has 0 fully saturated rings. The third-order valence-electron chi connectivity index (χ3n) is 2.56. The van der Waals surface area contributed by atoms with Gasteiger partial charge >= 0.3 is 0 Å². The van der Waals surface area contributed by atoms with E-state index in [1.54, 1.807) is 20.8 Å². The molecule has 3 nitrogen and oxygen atoms in total. The minimum Gasteiger partial charge on any atom is -0.316 e. The Bertz CT molecular complexity index is 283. The standard InChI is InChI=1S/C11H24ClNO2S/c1-5-10(12)6-7-13-8-9-16(14,15)11(2,3)4/h10,13H,5-9H2,1-4H3. The summed E-state index contributed by atoms with van der Waals surface area (Å²) in [7, 11) is -3.00. The molecule has 0 saturated carbocycles. The maximum atomic E-state index is 11.7. The van der Waals surface area contributed by atoms with E-state index in [1.165, 1.54) is 0 Å². The van der Waals surface area contributed by atoms with Gasteiger partial charge in [-0.1, -0.05) is 6.92 Å². The lowest BCUT2D eigenvalue weighted by atomic mass is 10.2. The van der Waals surface area contributed by atoms with E-state index < -0.39 is 14.6 Å². The average molecular weight is 270 g/mol. The number of hydrogen-bond donors (Lipinski definition) is 1. The van der Waals surface area contributed by atoms with Crippen molar-refractivity contribution in [2.75, 3.05) is 18.8 Å². The molecule has 0 saturated heterocycles. The van der Waals surface area contributed by atoms with Crippen molar-refractivity contribution in [3.8, 4) is 0 Å². The van der Waals surface area contributed by atoms with E-state index in [1.807, 2.05) is 6.92 Å². The fourth-order valence-corrected chi connectivity index (χ4v) is 2.24. The van der Waals surface area contributed by atoms with Crippen LogP contribution in [0, 0.1) is 0 Å². The molecule has 16 heavy (non-hydrogen) atoms. The number of hydrogen-bond acceptors (Lipinski definition) is 3. The summed E-state index contributed by atoms with van der Waals surface area (Å²) in [4.78, 5) is 0. The predicted molar refractivity (Wildman–Crippen MR) is 71.0 cm³/mol. The average Bonchev–Trinajstić information content (AvgIpc) is 2.15. The van der Waals surface area contributed by atoms with Gasteiger partial charge in [-0.25, -0.2) is 8.42 Å². The van der Waals surface area contributed by atoms with Gasteiger partial charge in [0.05, 0.1) is 10.5 Å². The van der Waals surface area contributed by atoms with Crippen LogP contribution in [0.25, 0.3) is 0 Å². The number of sulfone groups is 1. The van der Waals surface area contributed by atoms with Crippen molar-refractivity contribution in [3.63, 3.8) is 0 Å². The summed E-state index contributed by atoms with van der Waals surface area (Å²) in [5.41, 5.74) is 0. The monoisotopic (exact) mass is 269 g/mol. The van der Waals surface area contributed by atoms with Crippen LogP contribution < -0.4 is 5.32 Å². The molecule has 0 aromatic rings. The van der Waals surface area contributed by atoms with Gasteiger partial charge in [0.15, 0.2) is 9.84 Å². The third kappa shape index (κ3) is 6.06. The molecule has 0 aromatic carbocycles. The maximum Gasteiger partial charge on any atom is 0.156 e. The Kier molecular flexibility index (Phi) is 6.90. The van der Waals surface area contributed by atoms with Gasteiger partial charge in [-0.05, 0) is 40.2 Å². The van der Waals surface area contributed by atoms with Crippen molar-refractivity contribution in [3.05, 3.63) is 0 Å². The van der Waals surface area contributed by atoms with Crippen molar-refractivity contribution in [1.29, 1.82) is 0 Å². The van der Waals surface area contributed by atoms with Crippen LogP contribution in [0.5, 0.6) is 0 Å². The zero-order chi connectivity index (χ0) is 12.8. The molecule has 1 unspecified atom stereocenters. The Morgan fingerprint density at radius 1 is 1.25 bits per heavy atom. The molecule has 0 aliphatic carbocycles. The second kappa shape index (κ2) is 6.82. The summed E-state index contributed by atoms with van der Waals surface area (Å²) in [5, 5.41) is 3.30. The highest BCUT2D eigenvalue weighted by Gasteiger charge is 2.27. The molecular formula is C11H24ClNO2S. The van der Waals surface area contributed by atoms with E-state index in [0.717, 1.165) is 19.4 Å². The Morgan fingerprint density at radius 3 is 2.25 bits per heavy atom. The zero-order valence-electron chi connectivity index (χ0n) is 10.7. The molecule has 0 amide bonds. The molecule has 0 aliphatic heterocycles. The molecule has 0 aliphatic rings. The van der Waals surface area contributed by atoms with Crippen molar-refractivity contribution >= 4 is 21.4 Å². The van der Waals surface area contributed by atoms with Crippen LogP contribution in [0.2, 0.25) is 0 Å². The second-order valence-electron chi connectivity index (χ2n) is 4.98. The van der Waals surface area contributed by atoms with Gasteiger partial charge in [0.25, 0.3) is 0 Å². The van der Waals surface area contributed by atoms with Gasteiger partial charge in [0.2, 0.25) is 0 Å². The maximum absolute atomic E-state index is 11.7. The Labute approximate surface area is 105 Å². The van der Waals surface area contributed by atoms with E-state index in [9.17, 15) is 8.42 Å². The molecule has 98 valence electrons. The minimum atomic E-state index is -3.00. The quantitative estimate of drug-likeness (QED) is 0.569. The summed E-state index contributed by atoms with van der Waals surface area (Å²) in [6.45, 7) is 8.52. The molecule has 0 bridgehead atoms. The molecule has 0 radical (unpaired) electrons. The van der Waals surface area contributed by atoms with Crippen LogP contribution in [0.1, 0.15) is 40.5 Å². The number of halogens is 1. The van der Waals surface area contributed by atoms with Gasteiger partial charge in [0, 0.05) is 11.9 Å². The third-order valence-corrected chi connectivity index (χ3v) is 5.69. The molecular weight excluding hydrogens is 246 g/mol. The number of nitrogens with one attached hydrogen (secondary N) is 1. The van der Waals surface area contributed by atoms with E-state index in [-0.39, 0.29) is 11.1 Å². The van der Waals surface area contributed by atoms with Crippen molar-refractivity contribution in [2.24, 2.45) is 0 Å². The van der Waals surface area contributed by atoms with E-state index >= 15 is 0 Å². The van der Waals surface area contributed by atoms with Gasteiger partial charge in [0.1, 0.15) is 0 Å². The second-order valence-corrected chi connectivity index (χ2v) is 8.46. The zero-order valence-corrected chi connectivity index (χ0v) is 12.3. The van der Waals surface area contributed by atoms with Crippen molar-refractivity contribution < 1.29 is 8.42 Å². The lowest BCUT2D eigenvalue weighted by Gasteiger charge is -2.19. The SMILES string of the molecule is CCC(Cl)CCNCCS(=O)(=O)C(C)(C)C. The van der Waals surface area contributed by atoms with Crippen LogP contribution >= 0.6 is 11.6 Å². The first-order valence-corrected chi connectivity index (χ1v) is 7.86. The first kappa shape index (κ1) is 16.2. The van der Waals surface area contributed by atoms with Crippen LogP contribution in [0.3, 0.4) is 0 Å². The van der Waals surface area contributed by atoms with E-state index in [0.29, 0.717) is 6.54 Å². The summed E-state index contributed by atoms with van der Waals surface area (Å²) in [6, 6.07) is 0. The van der Waals surface area contributed by atoms with Gasteiger partial charge < -0.3 is 5.32 Å². The number of alkyl halides is 1. The topological polar surface area (TPSA) is 46.2 Å². The Morgan fingerprint density at radius 2 is 1.81 bits per heavy atom. The first-order chi connectivity index (χ1) is 7.20. The van der Waals surface area contributed by atoms with E-state index in [2.05, 4.69) is 5.32 Å². The largest absolute Gasteiger partial charge is 0.316 e. The lowest BCUT2D eigenvalue weighted by Crippen LogP contribution is -2.35. The van der Waals surface area contributed by atoms with Crippen molar-refractivity contribution in [2.45, 2.75) is 50.7 Å². The summed E-state index contributed by atoms with van der Waals surface area (Å²) in [5.74, 6) is 0.190. The van der Waals surface area contributed by atoms with Gasteiger partial charge in [-0.2, -0.15) is 0 Å². The summed E-state index contributed by atoms with van der Waals surface area (Å²) < 4.78 is 22.8. The van der Waals surface area contributed by atoms with Gasteiger partial charge in [-0.15, -0.1) is 11.6 Å². The Balaban J connectivity index is 3.76. The fraction of sp³-hybridized carbons (Fsp3) is 1.00. The highest BCUT2D eigenvalue weighted by molar-refractivity contribution is 7.92. The molecule has 1 N–H and O–H groups in total. The van der Waals surface area contributed by atoms with Crippen LogP contribution in [0.4, 0.5) is 0 Å². The fourth-order valence-electron chi connectivity index (χ4n) is 1.10. The smallest absolute Gasteiger partial charge is 0.156 e. The Hall–Kier alpha value is 0.200. The molecule has 0 rings (SSSR count). The first-order valence-electron chi connectivity index (χ1n) is 5.78. The predicted octanol–water partition coefficient (Wildman–Crippen LogP) is 2.20. The minimum absolute atomic E-state index is 0.187. The molecule has 0 spiro atoms. The van der Waals surface area contributed by atoms with Crippen molar-refractivity contribution in [1.82, 2.24) is 5.32 Å². The van der Waals surface area contributed by atoms with Crippen LogP contribution in [0.15, 0.2) is 0 Å². The molecule has 0 aromatic heterocycles. The summed E-state index contributed by atoms with van der Waals surface area (Å²) in [6.07, 6.45) is 1.83.